The van der Waals surface area contributed by atoms with Gasteiger partial charge in [0.25, 0.3) is 0 Å². The van der Waals surface area contributed by atoms with Gasteiger partial charge in [-0.05, 0) is 94.8 Å². The van der Waals surface area contributed by atoms with E-state index in [2.05, 4.69) is 68.8 Å². The third kappa shape index (κ3) is 6.24. The fourth-order valence-corrected chi connectivity index (χ4v) is 15.3. The average molecular weight is 476 g/mol. The monoisotopic (exact) mass is 475 g/mol. The Balaban J connectivity index is 1.89. The second kappa shape index (κ2) is 9.70. The summed E-state index contributed by atoms with van der Waals surface area (Å²) in [5.74, 6) is 0. The van der Waals surface area contributed by atoms with Crippen LogP contribution in [0.3, 0.4) is 0 Å². The molecular weight excluding hydrogens is 431 g/mol. The SMILES string of the molecule is C=C=CC(O[Si](C)(CCn1c2c(c3c1CCCC3)CCCC2)O[Si](C)(C)C)[Si](C)(C)C. The number of fused-ring (bicyclic) bond motifs is 3. The Kier molecular flexibility index (Phi) is 7.82. The molecule has 1 aromatic heterocycles. The largest absolute Gasteiger partial charge is 0.436 e. The molecule has 3 nitrogen and oxygen atoms in total. The van der Waals surface area contributed by atoms with E-state index in [-0.39, 0.29) is 5.73 Å². The standard InChI is InChI=1S/C25H45NO2Si3/c1-9-14-25(29(2,3)4)27-31(8,28-30(5,6)7)20-19-26-23-17-12-10-15-21(23)22-16-11-13-18-24(22)26/h14,25H,1,10-13,15-20H2,2-8H3. The van der Waals surface area contributed by atoms with Crippen molar-refractivity contribution in [1.29, 1.82) is 0 Å². The van der Waals surface area contributed by atoms with Gasteiger partial charge in [0, 0.05) is 24.0 Å². The quantitative estimate of drug-likeness (QED) is 0.290. The first kappa shape index (κ1) is 25.0. The van der Waals surface area contributed by atoms with Gasteiger partial charge in [0.15, 0.2) is 8.32 Å². The molecule has 0 spiro atoms. The normalized spacial score (nSPS) is 19.7. The fourth-order valence-electron chi connectivity index (χ4n) is 5.39. The summed E-state index contributed by atoms with van der Waals surface area (Å²) < 4.78 is 16.5. The van der Waals surface area contributed by atoms with Crippen LogP contribution in [0.2, 0.25) is 51.9 Å². The van der Waals surface area contributed by atoms with Gasteiger partial charge < -0.3 is 13.1 Å². The number of nitrogens with zero attached hydrogens (tertiary/aromatic N) is 1. The van der Waals surface area contributed by atoms with Crippen LogP contribution in [0.1, 0.15) is 48.2 Å². The first-order valence-corrected chi connectivity index (χ1v) is 21.9. The van der Waals surface area contributed by atoms with E-state index < -0.39 is 25.0 Å². The lowest BCUT2D eigenvalue weighted by atomic mass is 9.89. The van der Waals surface area contributed by atoms with Gasteiger partial charge in [-0.2, -0.15) is 0 Å². The van der Waals surface area contributed by atoms with Crippen molar-refractivity contribution in [2.75, 3.05) is 0 Å². The maximum absolute atomic E-state index is 6.95. The van der Waals surface area contributed by atoms with E-state index in [4.69, 9.17) is 8.54 Å². The lowest BCUT2D eigenvalue weighted by Crippen LogP contribution is -2.54. The summed E-state index contributed by atoms with van der Waals surface area (Å²) in [5.41, 5.74) is 9.86. The molecular formula is C25H45NO2Si3. The summed E-state index contributed by atoms with van der Waals surface area (Å²) >= 11 is 0. The minimum atomic E-state index is -2.36. The molecule has 0 radical (unpaired) electrons. The highest BCUT2D eigenvalue weighted by molar-refractivity contribution is 6.83. The van der Waals surface area contributed by atoms with E-state index in [0.29, 0.717) is 0 Å². The Labute approximate surface area is 194 Å². The molecule has 2 aliphatic rings. The molecule has 2 atom stereocenters. The number of rotatable bonds is 9. The molecule has 2 aliphatic carbocycles. The fraction of sp³-hybridized carbons (Fsp3) is 0.720. The molecule has 1 aromatic rings. The molecule has 1 heterocycles. The summed E-state index contributed by atoms with van der Waals surface area (Å²) in [6.45, 7) is 21.2. The minimum Gasteiger partial charge on any atom is -0.436 e. The van der Waals surface area contributed by atoms with E-state index in [1.54, 1.807) is 22.5 Å². The number of aromatic nitrogens is 1. The van der Waals surface area contributed by atoms with Gasteiger partial charge in [0.2, 0.25) is 0 Å². The summed E-state index contributed by atoms with van der Waals surface area (Å²) in [6.07, 6.45) is 12.6. The second-order valence-corrected chi connectivity index (χ2v) is 25.1. The second-order valence-electron chi connectivity index (χ2n) is 11.8. The number of hydrogen-bond acceptors (Lipinski definition) is 2. The highest BCUT2D eigenvalue weighted by Gasteiger charge is 2.41. The Morgan fingerprint density at radius 2 is 1.42 bits per heavy atom. The molecule has 0 saturated carbocycles. The average Bonchev–Trinajstić information content (AvgIpc) is 2.98. The van der Waals surface area contributed by atoms with Crippen molar-refractivity contribution in [2.45, 2.75) is 116 Å². The summed E-state index contributed by atoms with van der Waals surface area (Å²) in [7, 11) is -5.64. The van der Waals surface area contributed by atoms with Crippen molar-refractivity contribution in [1.82, 2.24) is 4.57 Å². The molecule has 0 N–H and O–H groups in total. The van der Waals surface area contributed by atoms with Crippen LogP contribution in [-0.4, -0.2) is 35.2 Å². The first-order valence-electron chi connectivity index (χ1n) is 12.4. The van der Waals surface area contributed by atoms with Gasteiger partial charge in [0.1, 0.15) is 0 Å². The lowest BCUT2D eigenvalue weighted by molar-refractivity contribution is 0.234. The van der Waals surface area contributed by atoms with Crippen molar-refractivity contribution in [2.24, 2.45) is 0 Å². The molecule has 0 saturated heterocycles. The maximum atomic E-state index is 6.95. The van der Waals surface area contributed by atoms with Gasteiger partial charge in [-0.25, -0.2) is 0 Å². The highest BCUT2D eigenvalue weighted by Crippen LogP contribution is 2.36. The van der Waals surface area contributed by atoms with Crippen LogP contribution in [0.4, 0.5) is 0 Å². The zero-order valence-corrected chi connectivity index (χ0v) is 24.2. The van der Waals surface area contributed by atoms with Gasteiger partial charge in [0.05, 0.1) is 13.8 Å². The van der Waals surface area contributed by atoms with Crippen LogP contribution in [-0.2, 0) is 40.8 Å². The van der Waals surface area contributed by atoms with E-state index in [9.17, 15) is 0 Å². The van der Waals surface area contributed by atoms with E-state index in [1.165, 1.54) is 51.4 Å². The molecule has 6 heteroatoms. The van der Waals surface area contributed by atoms with Crippen LogP contribution in [0.25, 0.3) is 0 Å². The smallest absolute Gasteiger partial charge is 0.326 e. The van der Waals surface area contributed by atoms with Gasteiger partial charge >= 0.3 is 8.56 Å². The molecule has 174 valence electrons. The van der Waals surface area contributed by atoms with E-state index in [1.807, 2.05) is 0 Å². The highest BCUT2D eigenvalue weighted by atomic mass is 28.4. The summed E-state index contributed by atoms with van der Waals surface area (Å²) in [6, 6.07) is 1.02. The lowest BCUT2D eigenvalue weighted by Gasteiger charge is -2.39. The van der Waals surface area contributed by atoms with Gasteiger partial charge in [-0.15, -0.1) is 5.73 Å². The zero-order valence-electron chi connectivity index (χ0n) is 21.2. The predicted octanol–water partition coefficient (Wildman–Crippen LogP) is 6.77. The third-order valence-electron chi connectivity index (χ3n) is 6.70. The molecule has 0 bridgehead atoms. The minimum absolute atomic E-state index is 0.116. The van der Waals surface area contributed by atoms with Crippen LogP contribution in [0, 0.1) is 0 Å². The van der Waals surface area contributed by atoms with Crippen molar-refractivity contribution >= 4 is 25.0 Å². The van der Waals surface area contributed by atoms with Crippen molar-refractivity contribution in [3.63, 3.8) is 0 Å². The van der Waals surface area contributed by atoms with Crippen LogP contribution >= 0.6 is 0 Å². The Bertz CT molecular complexity index is 794. The predicted molar refractivity (Wildman–Crippen MR) is 141 cm³/mol. The van der Waals surface area contributed by atoms with Crippen molar-refractivity contribution < 1.29 is 8.54 Å². The van der Waals surface area contributed by atoms with Gasteiger partial charge in [-0.1, -0.05) is 26.2 Å². The maximum Gasteiger partial charge on any atom is 0.326 e. The molecule has 3 rings (SSSR count). The van der Waals surface area contributed by atoms with Crippen molar-refractivity contribution in [3.8, 4) is 0 Å². The molecule has 0 fully saturated rings. The third-order valence-corrected chi connectivity index (χ3v) is 15.0. The molecule has 0 amide bonds. The molecule has 2 unspecified atom stereocenters. The van der Waals surface area contributed by atoms with Crippen molar-refractivity contribution in [3.05, 3.63) is 40.9 Å². The number of hydrogen-bond donors (Lipinski definition) is 0. The summed E-state index contributed by atoms with van der Waals surface area (Å²) in [4.78, 5) is 0. The topological polar surface area (TPSA) is 23.4 Å². The first-order chi connectivity index (χ1) is 14.4. The molecule has 0 aromatic carbocycles. The Hall–Kier alpha value is -0.629. The Morgan fingerprint density at radius 3 is 1.87 bits per heavy atom. The Morgan fingerprint density at radius 1 is 0.903 bits per heavy atom. The van der Waals surface area contributed by atoms with Crippen LogP contribution in [0.15, 0.2) is 18.4 Å². The van der Waals surface area contributed by atoms with Gasteiger partial charge in [-0.3, -0.25) is 0 Å². The van der Waals surface area contributed by atoms with E-state index in [0.717, 1.165) is 12.6 Å². The molecule has 0 aliphatic heterocycles. The van der Waals surface area contributed by atoms with E-state index >= 15 is 0 Å². The van der Waals surface area contributed by atoms with Crippen LogP contribution < -0.4 is 0 Å². The summed E-state index contributed by atoms with van der Waals surface area (Å²) in [5, 5.41) is 0. The molecule has 31 heavy (non-hydrogen) atoms. The van der Waals surface area contributed by atoms with Crippen LogP contribution in [0.5, 0.6) is 0 Å². The zero-order chi connectivity index (χ0) is 22.9.